The summed E-state index contributed by atoms with van der Waals surface area (Å²) in [5, 5.41) is 10.2. The summed E-state index contributed by atoms with van der Waals surface area (Å²) in [5.74, 6) is 0. The maximum atomic E-state index is 2.43. The van der Waals surface area contributed by atoms with Gasteiger partial charge in [0.15, 0.2) is 0 Å². The van der Waals surface area contributed by atoms with E-state index in [1.165, 1.54) is 69.2 Å². The van der Waals surface area contributed by atoms with Crippen molar-refractivity contribution in [3.63, 3.8) is 0 Å². The second-order valence-corrected chi connectivity index (χ2v) is 13.2. The first-order valence-corrected chi connectivity index (χ1v) is 16.8. The number of rotatable bonds is 4. The molecule has 2 aromatic heterocycles. The minimum Gasteiger partial charge on any atom is -0.309 e. The molecule has 0 fully saturated rings. The van der Waals surface area contributed by atoms with Crippen molar-refractivity contribution in [1.29, 1.82) is 0 Å². The lowest BCUT2D eigenvalue weighted by atomic mass is 10.0. The minimum absolute atomic E-state index is 1.13. The number of thiophene rings is 1. The highest BCUT2D eigenvalue weighted by molar-refractivity contribution is 7.27. The first kappa shape index (κ1) is 26.3. The van der Waals surface area contributed by atoms with Crippen LogP contribution in [0.3, 0.4) is 0 Å². The molecule has 2 heterocycles. The van der Waals surface area contributed by atoms with Gasteiger partial charge in [-0.25, -0.2) is 0 Å². The van der Waals surface area contributed by atoms with Gasteiger partial charge < -0.3 is 9.47 Å². The molecule has 0 amide bonds. The normalized spacial score (nSPS) is 11.8. The highest BCUT2D eigenvalue weighted by atomic mass is 32.1. The van der Waals surface area contributed by atoms with Crippen LogP contribution in [-0.4, -0.2) is 4.57 Å². The Morgan fingerprint density at radius 2 is 1.02 bits per heavy atom. The molecule has 2 nitrogen and oxygen atoms in total. The Kier molecular flexibility index (Phi) is 5.78. The Hall–Kier alpha value is -5.90. The molecular weight excluding hydrogens is 589 g/mol. The van der Waals surface area contributed by atoms with Crippen LogP contribution in [0.2, 0.25) is 0 Å². The van der Waals surface area contributed by atoms with Crippen molar-refractivity contribution in [2.75, 3.05) is 4.90 Å². The van der Waals surface area contributed by atoms with Crippen LogP contribution in [0.15, 0.2) is 170 Å². The van der Waals surface area contributed by atoms with Gasteiger partial charge in [-0.3, -0.25) is 0 Å². The van der Waals surface area contributed by atoms with Crippen LogP contribution < -0.4 is 4.90 Å². The molecule has 8 aromatic carbocycles. The maximum absolute atomic E-state index is 2.43. The standard InChI is InChI=1S/C44H28N2S/c1-3-15-32(16-4-1)45(40-21-11-20-37-38-24-22-29-12-9-10-19-35(29)43(38)47-44(37)40)34-23-25-36-39-26-30-13-7-8-14-31(30)27-41(39)46(42(36)28-34)33-17-5-2-6-18-33/h1-28H. The molecule has 0 N–H and O–H groups in total. The van der Waals surface area contributed by atoms with E-state index in [1.807, 2.05) is 11.3 Å². The first-order chi connectivity index (χ1) is 23.3. The quantitative estimate of drug-likeness (QED) is 0.191. The van der Waals surface area contributed by atoms with Crippen molar-refractivity contribution < 1.29 is 0 Å². The van der Waals surface area contributed by atoms with Crippen LogP contribution in [0, 0.1) is 0 Å². The van der Waals surface area contributed by atoms with Crippen LogP contribution >= 0.6 is 11.3 Å². The van der Waals surface area contributed by atoms with Gasteiger partial charge in [-0.2, -0.15) is 0 Å². The second-order valence-electron chi connectivity index (χ2n) is 12.2. The number of fused-ring (bicyclic) bond motifs is 9. The monoisotopic (exact) mass is 616 g/mol. The third kappa shape index (κ3) is 4.04. The number of benzene rings is 8. The van der Waals surface area contributed by atoms with Gasteiger partial charge >= 0.3 is 0 Å². The highest BCUT2D eigenvalue weighted by Crippen LogP contribution is 2.47. The van der Waals surface area contributed by atoms with Crippen molar-refractivity contribution in [3.05, 3.63) is 170 Å². The van der Waals surface area contributed by atoms with E-state index in [-0.39, 0.29) is 0 Å². The minimum atomic E-state index is 1.13. The molecule has 0 atom stereocenters. The van der Waals surface area contributed by atoms with E-state index in [0.717, 1.165) is 17.1 Å². The molecule has 0 unspecified atom stereocenters. The van der Waals surface area contributed by atoms with Crippen LogP contribution in [0.5, 0.6) is 0 Å². The lowest BCUT2D eigenvalue weighted by molar-refractivity contribution is 1.18. The molecule has 10 aromatic rings. The summed E-state index contributed by atoms with van der Waals surface area (Å²) in [6.07, 6.45) is 0. The molecule has 0 radical (unpaired) electrons. The smallest absolute Gasteiger partial charge is 0.0640 e. The number of para-hydroxylation sites is 2. The summed E-state index contributed by atoms with van der Waals surface area (Å²) in [5.41, 5.74) is 7.01. The van der Waals surface area contributed by atoms with Crippen molar-refractivity contribution in [2.45, 2.75) is 0 Å². The van der Waals surface area contributed by atoms with E-state index in [9.17, 15) is 0 Å². The summed E-state index contributed by atoms with van der Waals surface area (Å²) >= 11 is 1.90. The molecule has 220 valence electrons. The number of hydrogen-bond acceptors (Lipinski definition) is 2. The zero-order chi connectivity index (χ0) is 30.9. The summed E-state index contributed by atoms with van der Waals surface area (Å²) in [7, 11) is 0. The number of aromatic nitrogens is 1. The SMILES string of the molecule is c1ccc(N(c2ccc3c4cc5ccccc5cc4n(-c4ccccc4)c3c2)c2cccc3c2sc2c4ccccc4ccc32)cc1. The van der Waals surface area contributed by atoms with Gasteiger partial charge in [-0.05, 0) is 76.1 Å². The van der Waals surface area contributed by atoms with E-state index in [1.54, 1.807) is 0 Å². The number of anilines is 3. The predicted molar refractivity (Wildman–Crippen MR) is 203 cm³/mol. The van der Waals surface area contributed by atoms with Gasteiger partial charge in [0.1, 0.15) is 0 Å². The van der Waals surface area contributed by atoms with Gasteiger partial charge in [0.25, 0.3) is 0 Å². The van der Waals surface area contributed by atoms with Crippen molar-refractivity contribution in [2.24, 2.45) is 0 Å². The number of nitrogens with zero attached hydrogens (tertiary/aromatic N) is 2. The average molecular weight is 617 g/mol. The van der Waals surface area contributed by atoms with Crippen LogP contribution in [0.25, 0.3) is 69.2 Å². The Bertz CT molecular complexity index is 2790. The Labute approximate surface area is 276 Å². The van der Waals surface area contributed by atoms with Crippen molar-refractivity contribution >= 4 is 91.9 Å². The maximum Gasteiger partial charge on any atom is 0.0640 e. The lowest BCUT2D eigenvalue weighted by Crippen LogP contribution is -2.10. The molecule has 0 aliphatic heterocycles. The van der Waals surface area contributed by atoms with Crippen LogP contribution in [0.1, 0.15) is 0 Å². The largest absolute Gasteiger partial charge is 0.309 e. The van der Waals surface area contributed by atoms with E-state index in [2.05, 4.69) is 179 Å². The van der Waals surface area contributed by atoms with E-state index >= 15 is 0 Å². The van der Waals surface area contributed by atoms with Crippen LogP contribution in [0.4, 0.5) is 17.1 Å². The fourth-order valence-corrected chi connectivity index (χ4v) is 8.72. The molecule has 0 bridgehead atoms. The second kappa shape index (κ2) is 10.3. The van der Waals surface area contributed by atoms with E-state index < -0.39 is 0 Å². The van der Waals surface area contributed by atoms with Gasteiger partial charge in [0.05, 0.1) is 21.4 Å². The zero-order valence-electron chi connectivity index (χ0n) is 25.5. The summed E-state index contributed by atoms with van der Waals surface area (Å²) in [6, 6.07) is 61.9. The molecule has 0 aliphatic carbocycles. The fraction of sp³-hybridized carbons (Fsp3) is 0. The average Bonchev–Trinajstić information content (AvgIpc) is 3.67. The summed E-state index contributed by atoms with van der Waals surface area (Å²) < 4.78 is 5.05. The van der Waals surface area contributed by atoms with E-state index in [4.69, 9.17) is 0 Å². The third-order valence-corrected chi connectivity index (χ3v) is 10.8. The first-order valence-electron chi connectivity index (χ1n) is 16.0. The summed E-state index contributed by atoms with van der Waals surface area (Å²) in [6.45, 7) is 0. The predicted octanol–water partition coefficient (Wildman–Crippen LogP) is 12.9. The van der Waals surface area contributed by atoms with Gasteiger partial charge in [0.2, 0.25) is 0 Å². The molecule has 10 rings (SSSR count). The zero-order valence-corrected chi connectivity index (χ0v) is 26.3. The highest BCUT2D eigenvalue weighted by Gasteiger charge is 2.21. The van der Waals surface area contributed by atoms with Gasteiger partial charge in [-0.15, -0.1) is 11.3 Å². The molecule has 0 aliphatic rings. The number of hydrogen-bond donors (Lipinski definition) is 0. The molecule has 0 saturated carbocycles. The molecule has 0 saturated heterocycles. The van der Waals surface area contributed by atoms with E-state index in [0.29, 0.717) is 0 Å². The topological polar surface area (TPSA) is 8.17 Å². The molecule has 47 heavy (non-hydrogen) atoms. The van der Waals surface area contributed by atoms with Crippen LogP contribution in [-0.2, 0) is 0 Å². The van der Waals surface area contributed by atoms with Crippen molar-refractivity contribution in [1.82, 2.24) is 4.57 Å². The van der Waals surface area contributed by atoms with Gasteiger partial charge in [-0.1, -0.05) is 115 Å². The Morgan fingerprint density at radius 3 is 1.85 bits per heavy atom. The fourth-order valence-electron chi connectivity index (χ4n) is 7.38. The Morgan fingerprint density at radius 1 is 0.383 bits per heavy atom. The van der Waals surface area contributed by atoms with Crippen molar-refractivity contribution in [3.8, 4) is 5.69 Å². The third-order valence-electron chi connectivity index (χ3n) is 9.51. The molecular formula is C44H28N2S. The molecule has 0 spiro atoms. The lowest BCUT2D eigenvalue weighted by Gasteiger charge is -2.26. The molecule has 3 heteroatoms. The van der Waals surface area contributed by atoms with Gasteiger partial charge in [0, 0.05) is 43.3 Å². The summed E-state index contributed by atoms with van der Waals surface area (Å²) in [4.78, 5) is 2.43. The Balaban J connectivity index is 1.28.